The van der Waals surface area contributed by atoms with Gasteiger partial charge < -0.3 is 14.8 Å². The van der Waals surface area contributed by atoms with Crippen molar-refractivity contribution in [2.75, 3.05) is 12.1 Å². The summed E-state index contributed by atoms with van der Waals surface area (Å²) in [6.45, 7) is 0.107. The highest BCUT2D eigenvalue weighted by atomic mass is 19.4. The molecule has 138 valence electrons. The first-order chi connectivity index (χ1) is 12.9. The second-order valence-electron chi connectivity index (χ2n) is 5.47. The molecule has 0 radical (unpaired) electrons. The normalized spacial score (nSPS) is 12.9. The number of hydrogen-bond acceptors (Lipinski definition) is 6. The van der Waals surface area contributed by atoms with Gasteiger partial charge in [-0.15, -0.1) is 15.0 Å². The van der Waals surface area contributed by atoms with Gasteiger partial charge in [-0.3, -0.25) is 4.79 Å². The Morgan fingerprint density at radius 3 is 2.56 bits per heavy atom. The molecule has 0 saturated carbocycles. The fourth-order valence-corrected chi connectivity index (χ4v) is 2.36. The van der Waals surface area contributed by atoms with Gasteiger partial charge in [0, 0.05) is 11.8 Å². The van der Waals surface area contributed by atoms with Crippen LogP contribution in [0.15, 0.2) is 42.5 Å². The van der Waals surface area contributed by atoms with Crippen LogP contribution in [0, 0.1) is 0 Å². The Morgan fingerprint density at radius 1 is 1.07 bits per heavy atom. The van der Waals surface area contributed by atoms with Crippen LogP contribution in [0.2, 0.25) is 0 Å². The molecule has 2 aromatic carbocycles. The molecule has 8 nitrogen and oxygen atoms in total. The number of carbonyl (C=O) groups excluding carboxylic acids is 1. The van der Waals surface area contributed by atoms with Crippen molar-refractivity contribution in [3.05, 3.63) is 53.9 Å². The molecule has 0 atom stereocenters. The number of tetrazole rings is 1. The molecule has 1 amide bonds. The van der Waals surface area contributed by atoms with E-state index in [-0.39, 0.29) is 18.3 Å². The van der Waals surface area contributed by atoms with Gasteiger partial charge >= 0.3 is 6.18 Å². The Hall–Kier alpha value is -3.63. The number of alkyl halides is 3. The number of nitrogens with zero attached hydrogens (tertiary/aromatic N) is 4. The summed E-state index contributed by atoms with van der Waals surface area (Å²) >= 11 is 0. The summed E-state index contributed by atoms with van der Waals surface area (Å²) in [4.78, 5) is 13.2. The number of ether oxygens (including phenoxy) is 2. The number of rotatable bonds is 3. The third-order valence-corrected chi connectivity index (χ3v) is 3.67. The Bertz CT molecular complexity index is 1000. The topological polar surface area (TPSA) is 91.2 Å². The summed E-state index contributed by atoms with van der Waals surface area (Å²) in [6.07, 6.45) is -4.44. The van der Waals surface area contributed by atoms with Crippen molar-refractivity contribution in [3.8, 4) is 17.2 Å². The Labute approximate surface area is 149 Å². The van der Waals surface area contributed by atoms with Crippen LogP contribution < -0.4 is 14.8 Å². The lowest BCUT2D eigenvalue weighted by atomic mass is 10.2. The van der Waals surface area contributed by atoms with E-state index in [0.29, 0.717) is 17.2 Å². The molecular weight excluding hydrogens is 367 g/mol. The molecule has 2 heterocycles. The predicted molar refractivity (Wildman–Crippen MR) is 84.7 cm³/mol. The number of hydrogen-bond donors (Lipinski definition) is 1. The van der Waals surface area contributed by atoms with E-state index in [1.54, 1.807) is 18.2 Å². The highest BCUT2D eigenvalue weighted by molar-refractivity contribution is 6.01. The van der Waals surface area contributed by atoms with Crippen molar-refractivity contribution in [1.82, 2.24) is 20.2 Å². The van der Waals surface area contributed by atoms with Crippen molar-refractivity contribution < 1.29 is 27.4 Å². The fourth-order valence-electron chi connectivity index (χ4n) is 2.36. The maximum atomic E-state index is 12.6. The molecule has 3 aromatic rings. The maximum absolute atomic E-state index is 12.6. The third-order valence-electron chi connectivity index (χ3n) is 3.67. The standard InChI is InChI=1S/C16H10F3N5O3/c17-16(18,19)9-1-4-11(5-2-9)24-22-14(21-23-24)15(25)20-10-3-6-12-13(7-10)27-8-26-12/h1-7H,8H2,(H,20,25). The molecule has 4 rings (SSSR count). The quantitative estimate of drug-likeness (QED) is 0.755. The number of carbonyl (C=O) groups is 1. The van der Waals surface area contributed by atoms with Gasteiger partial charge in [-0.25, -0.2) is 0 Å². The Kier molecular flexibility index (Phi) is 3.90. The third kappa shape index (κ3) is 3.38. The molecule has 0 spiro atoms. The zero-order valence-electron chi connectivity index (χ0n) is 13.4. The van der Waals surface area contributed by atoms with Gasteiger partial charge in [-0.2, -0.15) is 13.2 Å². The van der Waals surface area contributed by atoms with E-state index in [0.717, 1.165) is 16.9 Å². The number of fused-ring (bicyclic) bond motifs is 1. The first-order valence-corrected chi connectivity index (χ1v) is 7.59. The molecule has 27 heavy (non-hydrogen) atoms. The zero-order chi connectivity index (χ0) is 19.0. The van der Waals surface area contributed by atoms with Crippen LogP contribution in [0.4, 0.5) is 18.9 Å². The number of benzene rings is 2. The van der Waals surface area contributed by atoms with Crippen LogP contribution in [-0.2, 0) is 6.18 Å². The van der Waals surface area contributed by atoms with E-state index >= 15 is 0 Å². The molecule has 1 aliphatic heterocycles. The van der Waals surface area contributed by atoms with Crippen molar-refractivity contribution >= 4 is 11.6 Å². The lowest BCUT2D eigenvalue weighted by Crippen LogP contribution is -2.14. The molecule has 0 unspecified atom stereocenters. The van der Waals surface area contributed by atoms with Gasteiger partial charge in [0.05, 0.1) is 11.3 Å². The summed E-state index contributed by atoms with van der Waals surface area (Å²) in [5.41, 5.74) is -0.125. The average molecular weight is 377 g/mol. The molecule has 1 N–H and O–H groups in total. The van der Waals surface area contributed by atoms with Crippen LogP contribution in [0.25, 0.3) is 5.69 Å². The van der Waals surface area contributed by atoms with Crippen LogP contribution >= 0.6 is 0 Å². The largest absolute Gasteiger partial charge is 0.454 e. The summed E-state index contributed by atoms with van der Waals surface area (Å²) < 4.78 is 48.2. The molecule has 11 heteroatoms. The van der Waals surface area contributed by atoms with Crippen LogP contribution in [0.3, 0.4) is 0 Å². The summed E-state index contributed by atoms with van der Waals surface area (Å²) in [5.74, 6) is 0.188. The fraction of sp³-hybridized carbons (Fsp3) is 0.125. The number of anilines is 1. The molecule has 1 aromatic heterocycles. The lowest BCUT2D eigenvalue weighted by Gasteiger charge is -2.06. The number of nitrogens with one attached hydrogen (secondary N) is 1. The number of halogens is 3. The Balaban J connectivity index is 1.49. The minimum absolute atomic E-state index is 0.107. The second-order valence-corrected chi connectivity index (χ2v) is 5.47. The summed E-state index contributed by atoms with van der Waals surface area (Å²) in [7, 11) is 0. The number of aromatic nitrogens is 4. The smallest absolute Gasteiger partial charge is 0.416 e. The molecule has 0 fully saturated rings. The van der Waals surface area contributed by atoms with Crippen LogP contribution in [0.1, 0.15) is 16.2 Å². The van der Waals surface area contributed by atoms with E-state index in [4.69, 9.17) is 9.47 Å². The summed E-state index contributed by atoms with van der Waals surface area (Å²) in [5, 5.41) is 13.8. The highest BCUT2D eigenvalue weighted by Gasteiger charge is 2.30. The van der Waals surface area contributed by atoms with Gasteiger partial charge in [0.1, 0.15) is 0 Å². The SMILES string of the molecule is O=C(Nc1ccc2c(c1)OCO2)c1nnn(-c2ccc(C(F)(F)F)cc2)n1. The van der Waals surface area contributed by atoms with E-state index < -0.39 is 17.6 Å². The molecule has 1 aliphatic rings. The van der Waals surface area contributed by atoms with Gasteiger partial charge in [-0.05, 0) is 41.6 Å². The maximum Gasteiger partial charge on any atom is 0.416 e. The minimum atomic E-state index is -4.44. The van der Waals surface area contributed by atoms with Crippen molar-refractivity contribution in [2.24, 2.45) is 0 Å². The van der Waals surface area contributed by atoms with Crippen LogP contribution in [-0.4, -0.2) is 32.9 Å². The predicted octanol–water partition coefficient (Wildman–Crippen LogP) is 2.66. The number of amides is 1. The average Bonchev–Trinajstić information content (AvgIpc) is 3.30. The monoisotopic (exact) mass is 377 g/mol. The lowest BCUT2D eigenvalue weighted by molar-refractivity contribution is -0.137. The molecular formula is C16H10F3N5O3. The molecule has 0 saturated heterocycles. The first kappa shape index (κ1) is 16.8. The summed E-state index contributed by atoms with van der Waals surface area (Å²) in [6, 6.07) is 9.00. The van der Waals surface area contributed by atoms with Crippen molar-refractivity contribution in [3.63, 3.8) is 0 Å². The minimum Gasteiger partial charge on any atom is -0.454 e. The molecule has 0 bridgehead atoms. The second kappa shape index (κ2) is 6.27. The van der Waals surface area contributed by atoms with Gasteiger partial charge in [0.15, 0.2) is 11.5 Å². The van der Waals surface area contributed by atoms with Gasteiger partial charge in [0.2, 0.25) is 6.79 Å². The van der Waals surface area contributed by atoms with E-state index in [2.05, 4.69) is 20.7 Å². The Morgan fingerprint density at radius 2 is 1.81 bits per heavy atom. The van der Waals surface area contributed by atoms with Gasteiger partial charge in [0.25, 0.3) is 11.7 Å². The first-order valence-electron chi connectivity index (χ1n) is 7.59. The zero-order valence-corrected chi connectivity index (χ0v) is 13.4. The van der Waals surface area contributed by atoms with Gasteiger partial charge in [-0.1, -0.05) is 0 Å². The van der Waals surface area contributed by atoms with E-state index in [1.807, 2.05) is 0 Å². The molecule has 0 aliphatic carbocycles. The highest BCUT2D eigenvalue weighted by Crippen LogP contribution is 2.34. The van der Waals surface area contributed by atoms with E-state index in [9.17, 15) is 18.0 Å². The van der Waals surface area contributed by atoms with Crippen molar-refractivity contribution in [1.29, 1.82) is 0 Å². The van der Waals surface area contributed by atoms with Crippen LogP contribution in [0.5, 0.6) is 11.5 Å². The van der Waals surface area contributed by atoms with E-state index in [1.165, 1.54) is 12.1 Å². The van der Waals surface area contributed by atoms with Crippen molar-refractivity contribution in [2.45, 2.75) is 6.18 Å².